The average molecular weight is 374 g/mol. The van der Waals surface area contributed by atoms with Crippen LogP contribution in [-0.2, 0) is 4.79 Å². The van der Waals surface area contributed by atoms with Gasteiger partial charge in [0.1, 0.15) is 5.75 Å². The molecule has 0 unspecified atom stereocenters. The van der Waals surface area contributed by atoms with Gasteiger partial charge in [0, 0.05) is 18.7 Å². The predicted molar refractivity (Wildman–Crippen MR) is 96.7 cm³/mol. The Labute approximate surface area is 154 Å². The largest absolute Gasteiger partial charge is 0.482 e. The van der Waals surface area contributed by atoms with Crippen LogP contribution in [0.1, 0.15) is 20.7 Å². The van der Waals surface area contributed by atoms with Gasteiger partial charge in [-0.05, 0) is 30.3 Å². The SMILES string of the molecule is O=C1COc2cc(C(=O)NCCNC(=O)c3ccccc3Cl)ccc2N1. The fourth-order valence-electron chi connectivity index (χ4n) is 2.41. The quantitative estimate of drug-likeness (QED) is 0.696. The number of hydrogen-bond donors (Lipinski definition) is 3. The van der Waals surface area contributed by atoms with E-state index in [2.05, 4.69) is 16.0 Å². The summed E-state index contributed by atoms with van der Waals surface area (Å²) in [7, 11) is 0. The van der Waals surface area contributed by atoms with Crippen molar-refractivity contribution in [3.63, 3.8) is 0 Å². The molecule has 0 fully saturated rings. The smallest absolute Gasteiger partial charge is 0.262 e. The molecule has 3 rings (SSSR count). The second-order valence-corrected chi connectivity index (χ2v) is 5.95. The number of ether oxygens (including phenoxy) is 1. The molecule has 1 aliphatic heterocycles. The number of amides is 3. The number of rotatable bonds is 5. The molecule has 0 aromatic heterocycles. The Morgan fingerprint density at radius 1 is 1.08 bits per heavy atom. The number of carbonyl (C=O) groups excluding carboxylic acids is 3. The third-order valence-electron chi connectivity index (χ3n) is 3.69. The maximum absolute atomic E-state index is 12.2. The van der Waals surface area contributed by atoms with Crippen LogP contribution in [0.4, 0.5) is 5.69 Å². The molecule has 0 saturated heterocycles. The van der Waals surface area contributed by atoms with Crippen LogP contribution in [0.2, 0.25) is 5.02 Å². The first-order valence-corrected chi connectivity index (χ1v) is 8.30. The summed E-state index contributed by atoms with van der Waals surface area (Å²) in [6, 6.07) is 11.5. The Hall–Kier alpha value is -3.06. The molecule has 1 heterocycles. The topological polar surface area (TPSA) is 96.5 Å². The lowest BCUT2D eigenvalue weighted by molar-refractivity contribution is -0.118. The minimum Gasteiger partial charge on any atom is -0.482 e. The molecule has 0 spiro atoms. The predicted octanol–water partition coefficient (Wildman–Crippen LogP) is 1.83. The molecule has 3 N–H and O–H groups in total. The van der Waals surface area contributed by atoms with Crippen molar-refractivity contribution in [2.24, 2.45) is 0 Å². The molecular weight excluding hydrogens is 358 g/mol. The maximum atomic E-state index is 12.2. The van der Waals surface area contributed by atoms with Crippen LogP contribution < -0.4 is 20.7 Å². The van der Waals surface area contributed by atoms with Crippen molar-refractivity contribution in [3.8, 4) is 5.75 Å². The molecule has 0 bridgehead atoms. The zero-order valence-corrected chi connectivity index (χ0v) is 14.4. The molecule has 134 valence electrons. The van der Waals surface area contributed by atoms with Crippen molar-refractivity contribution in [3.05, 3.63) is 58.6 Å². The molecule has 26 heavy (non-hydrogen) atoms. The highest BCUT2D eigenvalue weighted by atomic mass is 35.5. The summed E-state index contributed by atoms with van der Waals surface area (Å²) in [4.78, 5) is 35.4. The molecule has 2 aromatic rings. The fourth-order valence-corrected chi connectivity index (χ4v) is 2.63. The highest BCUT2D eigenvalue weighted by Crippen LogP contribution is 2.28. The van der Waals surface area contributed by atoms with Gasteiger partial charge >= 0.3 is 0 Å². The van der Waals surface area contributed by atoms with Crippen LogP contribution in [0.3, 0.4) is 0 Å². The normalized spacial score (nSPS) is 12.4. The summed E-state index contributed by atoms with van der Waals surface area (Å²) < 4.78 is 5.28. The van der Waals surface area contributed by atoms with Crippen LogP contribution in [0.15, 0.2) is 42.5 Å². The zero-order valence-electron chi connectivity index (χ0n) is 13.7. The van der Waals surface area contributed by atoms with E-state index in [1.165, 1.54) is 0 Å². The molecule has 0 radical (unpaired) electrons. The van der Waals surface area contributed by atoms with Crippen molar-refractivity contribution >= 4 is 35.0 Å². The van der Waals surface area contributed by atoms with Gasteiger partial charge in [0.25, 0.3) is 17.7 Å². The lowest BCUT2D eigenvalue weighted by Gasteiger charge is -2.18. The van der Waals surface area contributed by atoms with Gasteiger partial charge in [0.2, 0.25) is 0 Å². The van der Waals surface area contributed by atoms with Gasteiger partial charge < -0.3 is 20.7 Å². The fraction of sp³-hybridized carbons (Fsp3) is 0.167. The Morgan fingerprint density at radius 3 is 2.58 bits per heavy atom. The summed E-state index contributed by atoms with van der Waals surface area (Å²) in [5.74, 6) is -0.392. The van der Waals surface area contributed by atoms with Gasteiger partial charge in [-0.3, -0.25) is 14.4 Å². The number of hydrogen-bond acceptors (Lipinski definition) is 4. The summed E-state index contributed by atoms with van der Waals surface area (Å²) >= 11 is 5.96. The number of benzene rings is 2. The van der Waals surface area contributed by atoms with Crippen molar-refractivity contribution in [2.75, 3.05) is 25.0 Å². The monoisotopic (exact) mass is 373 g/mol. The summed E-state index contributed by atoms with van der Waals surface area (Å²) in [6.07, 6.45) is 0. The highest BCUT2D eigenvalue weighted by Gasteiger charge is 2.17. The molecule has 1 aliphatic rings. The van der Waals surface area contributed by atoms with Crippen molar-refractivity contribution in [1.29, 1.82) is 0 Å². The Bertz CT molecular complexity index is 869. The number of carbonyl (C=O) groups is 3. The van der Waals surface area contributed by atoms with Gasteiger partial charge in [-0.2, -0.15) is 0 Å². The molecule has 2 aromatic carbocycles. The minimum absolute atomic E-state index is 0.0772. The van der Waals surface area contributed by atoms with Crippen LogP contribution >= 0.6 is 11.6 Å². The lowest BCUT2D eigenvalue weighted by atomic mass is 10.1. The summed E-state index contributed by atoms with van der Waals surface area (Å²) in [5.41, 5.74) is 1.32. The van der Waals surface area contributed by atoms with E-state index in [0.29, 0.717) is 27.6 Å². The Kier molecular flexibility index (Phi) is 5.38. The second-order valence-electron chi connectivity index (χ2n) is 5.54. The molecule has 3 amide bonds. The van der Waals surface area contributed by atoms with E-state index in [-0.39, 0.29) is 37.4 Å². The van der Waals surface area contributed by atoms with Crippen molar-refractivity contribution in [1.82, 2.24) is 10.6 Å². The summed E-state index contributed by atoms with van der Waals surface area (Å²) in [5, 5.41) is 8.43. The molecule has 8 heteroatoms. The average Bonchev–Trinajstić information content (AvgIpc) is 2.64. The number of halogens is 1. The number of nitrogens with one attached hydrogen (secondary N) is 3. The molecule has 0 aliphatic carbocycles. The first kappa shape index (κ1) is 17.8. The van der Waals surface area contributed by atoms with E-state index in [4.69, 9.17) is 16.3 Å². The number of anilines is 1. The van der Waals surface area contributed by atoms with Crippen molar-refractivity contribution in [2.45, 2.75) is 0 Å². The Morgan fingerprint density at radius 2 is 1.81 bits per heavy atom. The van der Waals surface area contributed by atoms with Gasteiger partial charge in [-0.25, -0.2) is 0 Å². The molecular formula is C18H16ClN3O4. The van der Waals surface area contributed by atoms with E-state index in [0.717, 1.165) is 0 Å². The van der Waals surface area contributed by atoms with Crippen molar-refractivity contribution < 1.29 is 19.1 Å². The molecule has 0 atom stereocenters. The third-order valence-corrected chi connectivity index (χ3v) is 4.02. The lowest BCUT2D eigenvalue weighted by Crippen LogP contribution is -2.35. The van der Waals surface area contributed by atoms with Gasteiger partial charge in [-0.1, -0.05) is 23.7 Å². The number of fused-ring (bicyclic) bond motifs is 1. The van der Waals surface area contributed by atoms with Gasteiger partial charge in [0.15, 0.2) is 6.61 Å². The maximum Gasteiger partial charge on any atom is 0.262 e. The highest BCUT2D eigenvalue weighted by molar-refractivity contribution is 6.33. The van der Waals surface area contributed by atoms with Crippen LogP contribution in [0, 0.1) is 0 Å². The van der Waals surface area contributed by atoms with E-state index in [1.807, 2.05) is 0 Å². The Balaban J connectivity index is 1.49. The van der Waals surface area contributed by atoms with E-state index < -0.39 is 0 Å². The zero-order chi connectivity index (χ0) is 18.5. The molecule has 0 saturated carbocycles. The first-order valence-electron chi connectivity index (χ1n) is 7.92. The minimum atomic E-state index is -0.305. The first-order chi connectivity index (χ1) is 12.5. The van der Waals surface area contributed by atoms with Gasteiger partial charge in [-0.15, -0.1) is 0 Å². The van der Waals surface area contributed by atoms with E-state index >= 15 is 0 Å². The van der Waals surface area contributed by atoms with E-state index in [1.54, 1.807) is 42.5 Å². The van der Waals surface area contributed by atoms with Crippen LogP contribution in [-0.4, -0.2) is 37.4 Å². The second kappa shape index (κ2) is 7.88. The summed E-state index contributed by atoms with van der Waals surface area (Å²) in [6.45, 7) is 0.434. The van der Waals surface area contributed by atoms with Gasteiger partial charge in [0.05, 0.1) is 16.3 Å². The van der Waals surface area contributed by atoms with Crippen LogP contribution in [0.25, 0.3) is 0 Å². The molecule has 7 nitrogen and oxygen atoms in total. The van der Waals surface area contributed by atoms with E-state index in [9.17, 15) is 14.4 Å². The van der Waals surface area contributed by atoms with Crippen LogP contribution in [0.5, 0.6) is 5.75 Å². The standard InChI is InChI=1S/C18H16ClN3O4/c19-13-4-2-1-3-12(13)18(25)21-8-7-20-17(24)11-5-6-14-15(9-11)26-10-16(23)22-14/h1-6,9H,7-8,10H2,(H,20,24)(H,21,25)(H,22,23). The third kappa shape index (κ3) is 4.12.